The maximum absolute atomic E-state index is 12.4. The van der Waals surface area contributed by atoms with E-state index in [0.29, 0.717) is 18.9 Å². The number of hydrogen-bond acceptors (Lipinski definition) is 5. The molecule has 0 radical (unpaired) electrons. The Morgan fingerprint density at radius 3 is 2.65 bits per heavy atom. The first kappa shape index (κ1) is 19.9. The molecule has 9 heteroatoms. The number of hydrogen-bond donors (Lipinski definition) is 2. The largest absolute Gasteiger partial charge is 0.494 e. The molecule has 2 rings (SSSR count). The number of aromatic nitrogens is 2. The second-order valence-corrected chi connectivity index (χ2v) is 7.41. The molecule has 1 heterocycles. The molecule has 2 aromatic rings. The van der Waals surface area contributed by atoms with Crippen molar-refractivity contribution < 1.29 is 17.9 Å². The number of aryl methyl sites for hydroxylation is 1. The summed E-state index contributed by atoms with van der Waals surface area (Å²) in [5.41, 5.74) is 0. The van der Waals surface area contributed by atoms with E-state index in [4.69, 9.17) is 4.74 Å². The molecule has 0 bridgehead atoms. The lowest BCUT2D eigenvalue weighted by Crippen LogP contribution is -2.45. The van der Waals surface area contributed by atoms with E-state index < -0.39 is 16.1 Å². The van der Waals surface area contributed by atoms with Crippen molar-refractivity contribution in [1.29, 1.82) is 0 Å². The number of imidazole rings is 1. The van der Waals surface area contributed by atoms with Crippen molar-refractivity contribution in [2.24, 2.45) is 0 Å². The van der Waals surface area contributed by atoms with Gasteiger partial charge in [-0.2, -0.15) is 4.72 Å². The summed E-state index contributed by atoms with van der Waals surface area (Å²) >= 11 is 0. The summed E-state index contributed by atoms with van der Waals surface area (Å²) in [5, 5.41) is 2.73. The van der Waals surface area contributed by atoms with Gasteiger partial charge < -0.3 is 14.6 Å². The van der Waals surface area contributed by atoms with E-state index in [9.17, 15) is 13.2 Å². The van der Waals surface area contributed by atoms with Crippen molar-refractivity contribution in [1.82, 2.24) is 19.6 Å². The smallest absolute Gasteiger partial charge is 0.241 e. The van der Waals surface area contributed by atoms with Crippen LogP contribution in [0.2, 0.25) is 0 Å². The summed E-state index contributed by atoms with van der Waals surface area (Å²) in [6.45, 7) is 5.04. The molecular formula is C17H24N4O4S. The van der Waals surface area contributed by atoms with Crippen molar-refractivity contribution in [3.63, 3.8) is 0 Å². The van der Waals surface area contributed by atoms with E-state index in [0.717, 1.165) is 13.0 Å². The van der Waals surface area contributed by atoms with Gasteiger partial charge in [-0.1, -0.05) is 0 Å². The minimum atomic E-state index is -3.78. The van der Waals surface area contributed by atoms with Crippen molar-refractivity contribution in [3.8, 4) is 5.75 Å². The van der Waals surface area contributed by atoms with Crippen LogP contribution < -0.4 is 14.8 Å². The zero-order valence-corrected chi connectivity index (χ0v) is 15.7. The summed E-state index contributed by atoms with van der Waals surface area (Å²) in [4.78, 5) is 16.1. The van der Waals surface area contributed by atoms with Crippen LogP contribution in [0.4, 0.5) is 0 Å². The van der Waals surface area contributed by atoms with Crippen LogP contribution >= 0.6 is 0 Å². The maximum atomic E-state index is 12.4. The molecule has 1 amide bonds. The Morgan fingerprint density at radius 1 is 1.31 bits per heavy atom. The lowest BCUT2D eigenvalue weighted by molar-refractivity contribution is -0.122. The molecule has 0 spiro atoms. The summed E-state index contributed by atoms with van der Waals surface area (Å²) in [6.07, 6.45) is 5.96. The highest BCUT2D eigenvalue weighted by Gasteiger charge is 2.21. The monoisotopic (exact) mass is 380 g/mol. The first-order chi connectivity index (χ1) is 12.4. The van der Waals surface area contributed by atoms with Crippen LogP contribution in [0.3, 0.4) is 0 Å². The third-order valence-electron chi connectivity index (χ3n) is 3.62. The lowest BCUT2D eigenvalue weighted by atomic mass is 10.3. The highest BCUT2D eigenvalue weighted by Crippen LogP contribution is 2.16. The molecule has 0 aliphatic rings. The lowest BCUT2D eigenvalue weighted by Gasteiger charge is -2.15. The molecule has 0 saturated heterocycles. The third kappa shape index (κ3) is 5.85. The zero-order chi connectivity index (χ0) is 19.0. The number of nitrogens with one attached hydrogen (secondary N) is 2. The Labute approximate surface area is 153 Å². The van der Waals surface area contributed by atoms with Crippen molar-refractivity contribution in [3.05, 3.63) is 43.0 Å². The Hall–Kier alpha value is -2.39. The van der Waals surface area contributed by atoms with E-state index >= 15 is 0 Å². The van der Waals surface area contributed by atoms with Gasteiger partial charge >= 0.3 is 0 Å². The molecule has 0 unspecified atom stereocenters. The maximum Gasteiger partial charge on any atom is 0.241 e. The van der Waals surface area contributed by atoms with Crippen LogP contribution in [-0.4, -0.2) is 43.1 Å². The fraction of sp³-hybridized carbons (Fsp3) is 0.412. The molecule has 0 aliphatic heterocycles. The summed E-state index contributed by atoms with van der Waals surface area (Å²) in [5.74, 6) is 0.222. The van der Waals surface area contributed by atoms with Crippen molar-refractivity contribution in [2.45, 2.75) is 37.8 Å². The van der Waals surface area contributed by atoms with Gasteiger partial charge in [0.15, 0.2) is 0 Å². The molecule has 8 nitrogen and oxygen atoms in total. The number of carbonyl (C=O) groups is 1. The number of amides is 1. The molecule has 2 N–H and O–H groups in total. The first-order valence-electron chi connectivity index (χ1n) is 8.41. The van der Waals surface area contributed by atoms with Crippen LogP contribution in [0.15, 0.2) is 47.9 Å². The van der Waals surface area contributed by atoms with Crippen molar-refractivity contribution in [2.75, 3.05) is 13.2 Å². The Bertz CT molecular complexity index is 789. The number of benzene rings is 1. The van der Waals surface area contributed by atoms with Crippen LogP contribution in [0.25, 0.3) is 0 Å². The SMILES string of the molecule is CCOc1ccc(S(=O)(=O)N[C@H](C)C(=O)NCCCn2ccnc2)cc1. The van der Waals surface area contributed by atoms with Gasteiger partial charge in [-0.3, -0.25) is 4.79 Å². The molecule has 26 heavy (non-hydrogen) atoms. The molecule has 1 aromatic heterocycles. The van der Waals surface area contributed by atoms with Gasteiger partial charge in [0.25, 0.3) is 0 Å². The number of rotatable bonds is 10. The van der Waals surface area contributed by atoms with Crippen LogP contribution in [-0.2, 0) is 21.4 Å². The third-order valence-corrected chi connectivity index (χ3v) is 5.18. The van der Waals surface area contributed by atoms with Gasteiger partial charge in [-0.05, 0) is 44.5 Å². The summed E-state index contributed by atoms with van der Waals surface area (Å²) in [7, 11) is -3.78. The van der Waals surface area contributed by atoms with Crippen LogP contribution in [0.1, 0.15) is 20.3 Å². The fourth-order valence-electron chi connectivity index (χ4n) is 2.28. The van der Waals surface area contributed by atoms with E-state index in [1.807, 2.05) is 17.7 Å². The van der Waals surface area contributed by atoms with E-state index in [1.54, 1.807) is 24.7 Å². The topological polar surface area (TPSA) is 102 Å². The zero-order valence-electron chi connectivity index (χ0n) is 14.9. The van der Waals surface area contributed by atoms with Gasteiger partial charge in [0.2, 0.25) is 15.9 Å². The summed E-state index contributed by atoms with van der Waals surface area (Å²) < 4.78 is 34.3. The van der Waals surface area contributed by atoms with Gasteiger partial charge in [0.1, 0.15) is 5.75 Å². The van der Waals surface area contributed by atoms with Crippen LogP contribution in [0, 0.1) is 0 Å². The van der Waals surface area contributed by atoms with E-state index in [-0.39, 0.29) is 10.8 Å². The summed E-state index contributed by atoms with van der Waals surface area (Å²) in [6, 6.07) is 5.18. The minimum Gasteiger partial charge on any atom is -0.494 e. The van der Waals surface area contributed by atoms with Gasteiger partial charge in [-0.25, -0.2) is 13.4 Å². The molecule has 0 fully saturated rings. The number of sulfonamides is 1. The highest BCUT2D eigenvalue weighted by atomic mass is 32.2. The second-order valence-electron chi connectivity index (χ2n) is 5.69. The molecular weight excluding hydrogens is 356 g/mol. The molecule has 0 aliphatic carbocycles. The number of nitrogens with zero attached hydrogens (tertiary/aromatic N) is 2. The van der Waals surface area contributed by atoms with Gasteiger partial charge in [0, 0.05) is 25.5 Å². The molecule has 1 atom stereocenters. The van der Waals surface area contributed by atoms with Gasteiger partial charge in [-0.15, -0.1) is 0 Å². The van der Waals surface area contributed by atoms with Crippen LogP contribution in [0.5, 0.6) is 5.75 Å². The molecule has 1 aromatic carbocycles. The average Bonchev–Trinajstić information content (AvgIpc) is 3.12. The molecule has 142 valence electrons. The fourth-order valence-corrected chi connectivity index (χ4v) is 3.48. The standard InChI is InChI=1S/C17H24N4O4S/c1-3-25-15-5-7-16(8-6-15)26(23,24)20-14(2)17(22)19-9-4-11-21-12-10-18-13-21/h5-8,10,12-14,20H,3-4,9,11H2,1-2H3,(H,19,22)/t14-/m1/s1. The first-order valence-corrected chi connectivity index (χ1v) is 9.89. The minimum absolute atomic E-state index is 0.0840. The normalized spacial score (nSPS) is 12.5. The predicted octanol–water partition coefficient (Wildman–Crippen LogP) is 1.16. The predicted molar refractivity (Wildman–Crippen MR) is 97.2 cm³/mol. The van der Waals surface area contributed by atoms with E-state index in [2.05, 4.69) is 15.0 Å². The second kappa shape index (κ2) is 9.35. The Balaban J connectivity index is 1.82. The Morgan fingerprint density at radius 2 is 2.04 bits per heavy atom. The number of carbonyl (C=O) groups excluding carboxylic acids is 1. The number of ether oxygens (including phenoxy) is 1. The van der Waals surface area contributed by atoms with E-state index in [1.165, 1.54) is 19.1 Å². The molecule has 0 saturated carbocycles. The van der Waals surface area contributed by atoms with Gasteiger partial charge in [0.05, 0.1) is 23.9 Å². The quantitative estimate of drug-likeness (QED) is 0.602. The van der Waals surface area contributed by atoms with Crippen molar-refractivity contribution >= 4 is 15.9 Å². The Kier molecular flexibility index (Phi) is 7.16. The average molecular weight is 380 g/mol. The highest BCUT2D eigenvalue weighted by molar-refractivity contribution is 7.89.